The van der Waals surface area contributed by atoms with Crippen molar-refractivity contribution in [3.05, 3.63) is 169 Å². The zero-order valence-electron chi connectivity index (χ0n) is 30.3. The van der Waals surface area contributed by atoms with Crippen molar-refractivity contribution in [2.45, 2.75) is 19.3 Å². The van der Waals surface area contributed by atoms with Gasteiger partial charge in [0, 0.05) is 43.3 Å². The summed E-state index contributed by atoms with van der Waals surface area (Å²) in [5, 5.41) is 9.75. The van der Waals surface area contributed by atoms with Crippen LogP contribution in [0.25, 0.3) is 110 Å². The van der Waals surface area contributed by atoms with Crippen LogP contribution in [0.4, 0.5) is 0 Å². The molecule has 4 aromatic heterocycles. The van der Waals surface area contributed by atoms with Gasteiger partial charge in [-0.1, -0.05) is 141 Å². The molecular weight excluding hydrogens is 669 g/mol. The molecule has 0 bridgehead atoms. The molecule has 55 heavy (non-hydrogen) atoms. The summed E-state index contributed by atoms with van der Waals surface area (Å²) < 4.78 is 4.90. The Labute approximate surface area is 315 Å². The number of benzene rings is 8. The molecule has 0 atom stereocenters. The summed E-state index contributed by atoms with van der Waals surface area (Å²) >= 11 is 0. The molecule has 1 aliphatic carbocycles. The second-order valence-electron chi connectivity index (χ2n) is 15.7. The molecule has 0 amide bonds. The minimum atomic E-state index is -0.234. The zero-order valence-corrected chi connectivity index (χ0v) is 30.3. The highest BCUT2D eigenvalue weighted by atomic mass is 15.1. The van der Waals surface area contributed by atoms with Crippen LogP contribution in [0.5, 0.6) is 0 Å². The van der Waals surface area contributed by atoms with Crippen LogP contribution in [0, 0.1) is 0 Å². The van der Waals surface area contributed by atoms with Crippen molar-refractivity contribution in [2.75, 3.05) is 0 Å². The van der Waals surface area contributed by atoms with Crippen molar-refractivity contribution < 1.29 is 0 Å². The highest BCUT2D eigenvalue weighted by Crippen LogP contribution is 2.53. The van der Waals surface area contributed by atoms with E-state index in [1.807, 2.05) is 0 Å². The monoisotopic (exact) mass is 700 g/mol. The third-order valence-electron chi connectivity index (χ3n) is 12.6. The average Bonchev–Trinajstić information content (AvgIpc) is 3.80. The van der Waals surface area contributed by atoms with Crippen molar-refractivity contribution in [1.29, 1.82) is 0 Å². The van der Waals surface area contributed by atoms with Gasteiger partial charge in [-0.15, -0.1) is 0 Å². The average molecular weight is 701 g/mol. The standard InChI is InChI=1S/C51H32N4/c1-51(2)38-22-7-5-15-31(38)34-18-9-21-37(46(34)51)48-50(52-39-28-27-29-13-3-4-14-30(29)47(39)53-48)55-41-24-11-17-33-36-20-10-19-35-32-16-6-8-23-40(32)54(49(35)36)42-25-12-26-43(55)45(42)44(33)41/h3-28H,1-2H3. The number of hydrogen-bond acceptors (Lipinski definition) is 2. The van der Waals surface area contributed by atoms with Crippen LogP contribution in [0.1, 0.15) is 25.0 Å². The summed E-state index contributed by atoms with van der Waals surface area (Å²) in [4.78, 5) is 11.4. The Kier molecular flexibility index (Phi) is 5.42. The van der Waals surface area contributed by atoms with E-state index in [0.717, 1.165) is 49.9 Å². The molecule has 12 aromatic rings. The van der Waals surface area contributed by atoms with Gasteiger partial charge in [-0.05, 0) is 63.4 Å². The quantitative estimate of drug-likeness (QED) is 0.168. The normalized spacial score (nSPS) is 13.8. The van der Waals surface area contributed by atoms with Gasteiger partial charge < -0.3 is 4.40 Å². The molecular formula is C51H32N4. The van der Waals surface area contributed by atoms with Crippen LogP contribution >= 0.6 is 0 Å². The van der Waals surface area contributed by atoms with Gasteiger partial charge in [0.15, 0.2) is 5.82 Å². The molecule has 0 saturated heterocycles. The number of rotatable bonds is 2. The summed E-state index contributed by atoms with van der Waals surface area (Å²) in [5.74, 6) is 0.841. The first kappa shape index (κ1) is 29.4. The molecule has 0 saturated carbocycles. The van der Waals surface area contributed by atoms with E-state index in [9.17, 15) is 0 Å². The van der Waals surface area contributed by atoms with Crippen molar-refractivity contribution in [2.24, 2.45) is 0 Å². The SMILES string of the molecule is CC1(C)c2ccccc2-c2cccc(-c3nc4c(ccc5ccccc54)nc3-n3c4cccc5c6cccc7c8ccccc8n(c8cccc3c8c54)c67)c21. The van der Waals surface area contributed by atoms with E-state index in [4.69, 9.17) is 9.97 Å². The Morgan fingerprint density at radius 2 is 1.07 bits per heavy atom. The largest absolute Gasteiger partial charge is 0.308 e. The van der Waals surface area contributed by atoms with Crippen molar-refractivity contribution in [3.63, 3.8) is 0 Å². The lowest BCUT2D eigenvalue weighted by Gasteiger charge is -2.25. The van der Waals surface area contributed by atoms with E-state index in [0.29, 0.717) is 0 Å². The van der Waals surface area contributed by atoms with E-state index >= 15 is 0 Å². The highest BCUT2D eigenvalue weighted by molar-refractivity contribution is 6.31. The molecule has 0 fully saturated rings. The lowest BCUT2D eigenvalue weighted by molar-refractivity contribution is 0.661. The van der Waals surface area contributed by atoms with Gasteiger partial charge in [-0.2, -0.15) is 0 Å². The van der Waals surface area contributed by atoms with Gasteiger partial charge in [0.25, 0.3) is 0 Å². The van der Waals surface area contributed by atoms with E-state index < -0.39 is 0 Å². The smallest absolute Gasteiger partial charge is 0.165 e. The predicted octanol–water partition coefficient (Wildman–Crippen LogP) is 13.0. The Morgan fingerprint density at radius 1 is 0.455 bits per heavy atom. The van der Waals surface area contributed by atoms with Gasteiger partial charge in [0.2, 0.25) is 0 Å². The first-order valence-electron chi connectivity index (χ1n) is 19.1. The van der Waals surface area contributed by atoms with Crippen molar-refractivity contribution in [3.8, 4) is 28.2 Å². The summed E-state index contributed by atoms with van der Waals surface area (Å²) in [5.41, 5.74) is 14.7. The molecule has 0 spiro atoms. The van der Waals surface area contributed by atoms with Crippen molar-refractivity contribution in [1.82, 2.24) is 18.9 Å². The molecule has 0 unspecified atom stereocenters. The maximum atomic E-state index is 5.74. The predicted molar refractivity (Wildman–Crippen MR) is 229 cm³/mol. The minimum Gasteiger partial charge on any atom is -0.308 e. The first-order chi connectivity index (χ1) is 27.1. The van der Waals surface area contributed by atoms with Crippen LogP contribution in [0.3, 0.4) is 0 Å². The summed E-state index contributed by atoms with van der Waals surface area (Å²) in [6.07, 6.45) is 0. The van der Waals surface area contributed by atoms with Crippen LogP contribution < -0.4 is 0 Å². The lowest BCUT2D eigenvalue weighted by Crippen LogP contribution is -2.17. The number of para-hydroxylation sites is 2. The van der Waals surface area contributed by atoms with Crippen LogP contribution in [-0.2, 0) is 5.41 Å². The van der Waals surface area contributed by atoms with Crippen molar-refractivity contribution >= 4 is 81.7 Å². The molecule has 13 rings (SSSR count). The molecule has 0 N–H and O–H groups in total. The second kappa shape index (κ2) is 10.1. The summed E-state index contributed by atoms with van der Waals surface area (Å²) in [6, 6.07) is 57.6. The highest BCUT2D eigenvalue weighted by Gasteiger charge is 2.38. The summed E-state index contributed by atoms with van der Waals surface area (Å²) in [6.45, 7) is 4.71. The van der Waals surface area contributed by atoms with E-state index in [2.05, 4.69) is 181 Å². The fraction of sp³-hybridized carbons (Fsp3) is 0.0588. The molecule has 0 aliphatic heterocycles. The molecule has 4 heteroatoms. The topological polar surface area (TPSA) is 35.1 Å². The van der Waals surface area contributed by atoms with E-state index in [1.165, 1.54) is 71.1 Å². The number of fused-ring (bicyclic) bond motifs is 11. The molecule has 1 aliphatic rings. The number of hydrogen-bond donors (Lipinski definition) is 0. The zero-order chi connectivity index (χ0) is 36.2. The van der Waals surface area contributed by atoms with Gasteiger partial charge in [-0.25, -0.2) is 9.97 Å². The maximum absolute atomic E-state index is 5.74. The Balaban J connectivity index is 1.24. The molecule has 0 radical (unpaired) electrons. The lowest BCUT2D eigenvalue weighted by atomic mass is 9.79. The van der Waals surface area contributed by atoms with Gasteiger partial charge in [-0.3, -0.25) is 4.57 Å². The molecule has 4 heterocycles. The molecule has 256 valence electrons. The molecule has 4 nitrogen and oxygen atoms in total. The third kappa shape index (κ3) is 3.57. The fourth-order valence-electron chi connectivity index (χ4n) is 10.4. The van der Waals surface area contributed by atoms with Gasteiger partial charge in [0.1, 0.15) is 5.69 Å². The first-order valence-corrected chi connectivity index (χ1v) is 19.1. The molecule has 8 aromatic carbocycles. The minimum absolute atomic E-state index is 0.234. The van der Waals surface area contributed by atoms with Crippen LogP contribution in [0.2, 0.25) is 0 Å². The summed E-state index contributed by atoms with van der Waals surface area (Å²) in [7, 11) is 0. The van der Waals surface area contributed by atoms with Gasteiger partial charge in [0.05, 0.1) is 38.6 Å². The number of aromatic nitrogens is 4. The van der Waals surface area contributed by atoms with E-state index in [-0.39, 0.29) is 5.41 Å². The Bertz CT molecular complexity index is 3640. The van der Waals surface area contributed by atoms with Crippen LogP contribution in [0.15, 0.2) is 158 Å². The Morgan fingerprint density at radius 3 is 1.98 bits per heavy atom. The number of nitrogens with zero attached hydrogens (tertiary/aromatic N) is 4. The Hall–Kier alpha value is -7.04. The third-order valence-corrected chi connectivity index (χ3v) is 12.6. The van der Waals surface area contributed by atoms with E-state index in [1.54, 1.807) is 0 Å². The second-order valence-corrected chi connectivity index (χ2v) is 15.7. The fourth-order valence-corrected chi connectivity index (χ4v) is 10.4. The van der Waals surface area contributed by atoms with Crippen LogP contribution in [-0.4, -0.2) is 18.9 Å². The van der Waals surface area contributed by atoms with Gasteiger partial charge >= 0.3 is 0 Å². The maximum Gasteiger partial charge on any atom is 0.165 e.